The zero-order valence-electron chi connectivity index (χ0n) is 36.2. The molecular weight excluding hydrogens is 815 g/mol. The van der Waals surface area contributed by atoms with E-state index < -0.39 is 0 Å². The number of anilines is 3. The highest BCUT2D eigenvalue weighted by atomic mass is 32.1. The van der Waals surface area contributed by atoms with Gasteiger partial charge < -0.3 is 4.90 Å². The summed E-state index contributed by atoms with van der Waals surface area (Å²) in [6.07, 6.45) is 0. The lowest BCUT2D eigenvalue weighted by molar-refractivity contribution is 1.28. The van der Waals surface area contributed by atoms with E-state index in [2.05, 4.69) is 266 Å². The lowest BCUT2D eigenvalue weighted by Gasteiger charge is -2.29. The third-order valence-electron chi connectivity index (χ3n) is 12.9. The number of benzene rings is 11. The van der Waals surface area contributed by atoms with Crippen LogP contribution >= 0.6 is 11.3 Å². The van der Waals surface area contributed by atoms with Crippen molar-refractivity contribution < 1.29 is 0 Å². The van der Waals surface area contributed by atoms with Crippen molar-refractivity contribution >= 4 is 59.3 Å². The third-order valence-corrected chi connectivity index (χ3v) is 14.2. The SMILES string of the molecule is c1ccc(-c2ccccc2-c2ccccc2-c2ccccc2N(c2ccc(-c3ccc(-c4ccc5ccccc5c4)cc3)cc2)c2ccc(-c3cccc4c3sc3ccccc34)cc2)cc1. The summed E-state index contributed by atoms with van der Waals surface area (Å²) in [5, 5.41) is 5.14. The van der Waals surface area contributed by atoms with Gasteiger partial charge in [-0.3, -0.25) is 0 Å². The highest BCUT2D eigenvalue weighted by molar-refractivity contribution is 7.26. The fourth-order valence-corrected chi connectivity index (χ4v) is 10.9. The van der Waals surface area contributed by atoms with Crippen LogP contribution in [0.1, 0.15) is 0 Å². The van der Waals surface area contributed by atoms with Crippen LogP contribution in [0.4, 0.5) is 17.1 Å². The lowest BCUT2D eigenvalue weighted by Crippen LogP contribution is -2.11. The van der Waals surface area contributed by atoms with Crippen molar-refractivity contribution in [3.63, 3.8) is 0 Å². The summed E-state index contributed by atoms with van der Waals surface area (Å²) in [5.74, 6) is 0. The average molecular weight is 858 g/mol. The van der Waals surface area contributed by atoms with E-state index >= 15 is 0 Å². The molecule has 310 valence electrons. The van der Waals surface area contributed by atoms with E-state index in [9.17, 15) is 0 Å². The molecule has 1 heterocycles. The van der Waals surface area contributed by atoms with Crippen LogP contribution in [-0.4, -0.2) is 0 Å². The van der Waals surface area contributed by atoms with E-state index in [1.807, 2.05) is 11.3 Å². The van der Waals surface area contributed by atoms with Crippen molar-refractivity contribution in [1.29, 1.82) is 0 Å². The summed E-state index contributed by atoms with van der Waals surface area (Å²) in [5.41, 5.74) is 17.7. The second-order valence-electron chi connectivity index (χ2n) is 16.8. The Morgan fingerprint density at radius 2 is 0.712 bits per heavy atom. The number of rotatable bonds is 9. The molecule has 0 N–H and O–H groups in total. The van der Waals surface area contributed by atoms with Gasteiger partial charge in [-0.2, -0.15) is 0 Å². The van der Waals surface area contributed by atoms with Crippen molar-refractivity contribution in [2.24, 2.45) is 0 Å². The molecule has 1 aromatic heterocycles. The van der Waals surface area contributed by atoms with Gasteiger partial charge in [-0.15, -0.1) is 11.3 Å². The third kappa shape index (κ3) is 7.24. The van der Waals surface area contributed by atoms with Crippen LogP contribution in [0.25, 0.3) is 97.7 Å². The maximum absolute atomic E-state index is 2.42. The summed E-state index contributed by atoms with van der Waals surface area (Å²) in [6, 6.07) is 95.1. The predicted molar refractivity (Wildman–Crippen MR) is 284 cm³/mol. The molecule has 0 unspecified atom stereocenters. The van der Waals surface area contributed by atoms with Gasteiger partial charge in [0, 0.05) is 37.1 Å². The largest absolute Gasteiger partial charge is 0.310 e. The maximum Gasteiger partial charge on any atom is 0.0540 e. The van der Waals surface area contributed by atoms with Crippen LogP contribution in [0.2, 0.25) is 0 Å². The van der Waals surface area contributed by atoms with Gasteiger partial charge in [-0.1, -0.05) is 218 Å². The predicted octanol–water partition coefficient (Wildman–Crippen LogP) is 18.7. The number of thiophene rings is 1. The summed E-state index contributed by atoms with van der Waals surface area (Å²) in [7, 11) is 0. The molecule has 12 aromatic rings. The van der Waals surface area contributed by atoms with Gasteiger partial charge in [0.2, 0.25) is 0 Å². The summed E-state index contributed by atoms with van der Waals surface area (Å²) < 4.78 is 2.64. The van der Waals surface area contributed by atoms with Crippen LogP contribution in [0.3, 0.4) is 0 Å². The highest BCUT2D eigenvalue weighted by Crippen LogP contribution is 2.46. The van der Waals surface area contributed by atoms with Gasteiger partial charge in [0.15, 0.2) is 0 Å². The quantitative estimate of drug-likeness (QED) is 0.140. The summed E-state index contributed by atoms with van der Waals surface area (Å²) in [6.45, 7) is 0. The average Bonchev–Trinajstić information content (AvgIpc) is 3.79. The molecule has 0 bridgehead atoms. The number of fused-ring (bicyclic) bond motifs is 4. The molecule has 2 heteroatoms. The maximum atomic E-state index is 2.42. The van der Waals surface area contributed by atoms with Gasteiger partial charge in [0.25, 0.3) is 0 Å². The molecule has 0 aliphatic carbocycles. The molecular formula is C64H43NS. The van der Waals surface area contributed by atoms with Gasteiger partial charge in [-0.25, -0.2) is 0 Å². The summed E-state index contributed by atoms with van der Waals surface area (Å²) >= 11 is 1.87. The second kappa shape index (κ2) is 17.0. The fraction of sp³-hybridized carbons (Fsp3) is 0. The minimum atomic E-state index is 1.08. The fourth-order valence-electron chi connectivity index (χ4n) is 9.66. The first-order chi connectivity index (χ1) is 32.7. The molecule has 1 nitrogen and oxygen atoms in total. The molecule has 0 saturated heterocycles. The first-order valence-corrected chi connectivity index (χ1v) is 23.4. The van der Waals surface area contributed by atoms with Crippen molar-refractivity contribution in [3.05, 3.63) is 261 Å². The van der Waals surface area contributed by atoms with Crippen LogP contribution in [0, 0.1) is 0 Å². The molecule has 0 atom stereocenters. The summed E-state index contributed by atoms with van der Waals surface area (Å²) in [4.78, 5) is 2.42. The molecule has 12 rings (SSSR count). The van der Waals surface area contributed by atoms with Crippen LogP contribution < -0.4 is 4.90 Å². The zero-order valence-corrected chi connectivity index (χ0v) is 37.0. The Balaban J connectivity index is 0.960. The van der Waals surface area contributed by atoms with E-state index in [4.69, 9.17) is 0 Å². The van der Waals surface area contributed by atoms with Crippen molar-refractivity contribution in [2.75, 3.05) is 4.90 Å². The van der Waals surface area contributed by atoms with E-state index in [-0.39, 0.29) is 0 Å². The molecule has 0 radical (unpaired) electrons. The molecule has 0 fully saturated rings. The van der Waals surface area contributed by atoms with Crippen molar-refractivity contribution in [1.82, 2.24) is 0 Å². The number of nitrogens with zero attached hydrogens (tertiary/aromatic N) is 1. The smallest absolute Gasteiger partial charge is 0.0540 e. The lowest BCUT2D eigenvalue weighted by atomic mass is 9.88. The van der Waals surface area contributed by atoms with Gasteiger partial charge in [-0.05, 0) is 114 Å². The Hall–Kier alpha value is -8.30. The molecule has 0 saturated carbocycles. The number of hydrogen-bond donors (Lipinski definition) is 0. The molecule has 0 amide bonds. The molecule has 66 heavy (non-hydrogen) atoms. The van der Waals surface area contributed by atoms with Gasteiger partial charge in [0.1, 0.15) is 0 Å². The topological polar surface area (TPSA) is 3.24 Å². The number of hydrogen-bond acceptors (Lipinski definition) is 2. The Morgan fingerprint density at radius 3 is 1.42 bits per heavy atom. The van der Waals surface area contributed by atoms with Crippen molar-refractivity contribution in [3.8, 4) is 66.8 Å². The standard InChI is InChI=1S/C64H43NS/c1-2-16-48(17-3-1)54-19-6-7-20-56(54)57-21-8-9-22-58(57)59-23-10-12-27-62(59)65(53-41-37-49(38-42-53)55-25-14-26-61-60-24-11-13-28-63(60)66-64(55)61)52-39-35-46(36-40-52)45-29-31-47(32-30-45)51-34-33-44-15-4-5-18-50(44)43-51/h1-43H. The second-order valence-corrected chi connectivity index (χ2v) is 17.9. The van der Waals surface area contributed by atoms with E-state index in [0.29, 0.717) is 0 Å². The molecule has 0 spiro atoms. The molecule has 0 aliphatic rings. The number of para-hydroxylation sites is 1. The van der Waals surface area contributed by atoms with Gasteiger partial charge >= 0.3 is 0 Å². The molecule has 0 aliphatic heterocycles. The van der Waals surface area contributed by atoms with Crippen LogP contribution in [-0.2, 0) is 0 Å². The van der Waals surface area contributed by atoms with Crippen molar-refractivity contribution in [2.45, 2.75) is 0 Å². The van der Waals surface area contributed by atoms with Crippen LogP contribution in [0.5, 0.6) is 0 Å². The van der Waals surface area contributed by atoms with E-state index in [1.165, 1.54) is 92.1 Å². The molecule has 11 aromatic carbocycles. The Morgan fingerprint density at radius 1 is 0.258 bits per heavy atom. The first kappa shape index (κ1) is 39.3. The minimum Gasteiger partial charge on any atom is -0.310 e. The monoisotopic (exact) mass is 857 g/mol. The zero-order chi connectivity index (χ0) is 43.8. The van der Waals surface area contributed by atoms with Gasteiger partial charge in [0.05, 0.1) is 5.69 Å². The minimum absolute atomic E-state index is 1.08. The Bertz CT molecular complexity index is 3680. The normalized spacial score (nSPS) is 11.3. The Labute approximate surface area is 389 Å². The highest BCUT2D eigenvalue weighted by Gasteiger charge is 2.21. The Kier molecular flexibility index (Phi) is 10.1. The van der Waals surface area contributed by atoms with E-state index in [0.717, 1.165) is 22.6 Å². The van der Waals surface area contributed by atoms with Crippen LogP contribution in [0.15, 0.2) is 261 Å². The first-order valence-electron chi connectivity index (χ1n) is 22.6. The van der Waals surface area contributed by atoms with E-state index in [1.54, 1.807) is 0 Å².